The summed E-state index contributed by atoms with van der Waals surface area (Å²) in [5.74, 6) is 2.12. The van der Waals surface area contributed by atoms with E-state index in [1.807, 2.05) is 145 Å². The first-order valence-electron chi connectivity index (χ1n) is 37.3. The number of furan rings is 4. The summed E-state index contributed by atoms with van der Waals surface area (Å²) in [6, 6.07) is 62.9. The maximum absolute atomic E-state index is 9.90. The Hall–Kier alpha value is -12.5. The lowest BCUT2D eigenvalue weighted by atomic mass is 9.94. The van der Waals surface area contributed by atoms with E-state index in [0.29, 0.717) is 46.2 Å². The van der Waals surface area contributed by atoms with Crippen molar-refractivity contribution in [2.75, 3.05) is 0 Å². The number of aromatic nitrogens is 4. The normalized spacial score (nSPS) is 11.4. The van der Waals surface area contributed by atoms with Crippen molar-refractivity contribution in [3.8, 4) is 57.2 Å². The smallest absolute Gasteiger partial charge is 0.229 e. The molecule has 0 N–H and O–H groups in total. The first kappa shape index (κ1) is 73.8. The molecule has 536 valence electrons. The van der Waals surface area contributed by atoms with E-state index < -0.39 is 0 Å². The van der Waals surface area contributed by atoms with Gasteiger partial charge in [0.25, 0.3) is 0 Å². The van der Waals surface area contributed by atoms with E-state index in [1.165, 1.54) is 16.7 Å². The van der Waals surface area contributed by atoms with Crippen LogP contribution in [-0.2, 0) is 53.9 Å². The van der Waals surface area contributed by atoms with Crippen LogP contribution in [0.3, 0.4) is 0 Å². The lowest BCUT2D eigenvalue weighted by Gasteiger charge is -2.08. The van der Waals surface area contributed by atoms with Crippen molar-refractivity contribution in [1.29, 1.82) is 10.5 Å². The van der Waals surface area contributed by atoms with Gasteiger partial charge in [-0.1, -0.05) is 116 Å². The van der Waals surface area contributed by atoms with Crippen LogP contribution in [-0.4, -0.2) is 0 Å². The van der Waals surface area contributed by atoms with Gasteiger partial charge in [0.15, 0.2) is 36.1 Å². The van der Waals surface area contributed by atoms with E-state index in [4.69, 9.17) is 30.8 Å². The molecule has 0 unspecified atom stereocenters. The predicted octanol–water partition coefficient (Wildman–Crippen LogP) is 23.2. The maximum atomic E-state index is 9.90. The highest BCUT2D eigenvalue weighted by Crippen LogP contribution is 2.45. The second-order valence-electron chi connectivity index (χ2n) is 30.5. The maximum Gasteiger partial charge on any atom is 0.229 e. The molecule has 0 saturated carbocycles. The monoisotopic (exact) mass is 1420 g/mol. The molecule has 0 atom stereocenters. The SMILES string of the molecule is Cc1cc(C#N)c2c(oc3ccc(CC(C)C)cc32)c1-c1cccc[n+]1C.Cc1ccc2c(oc3ccc(CC(C)C)c(C#N)c32)c1-c1cccc[n+]1C.[C-]#[N+]c1cc(CC(C)C)cc2c1oc1c(-c3cccc[n+]3C)c(C)ccc12.[C-]#[N+]c1cc2oc3c(-c4cccc[n+]4C)c(C)ccc3c2cc1CC(C)C. The number of benzene rings is 8. The summed E-state index contributed by atoms with van der Waals surface area (Å²) < 4.78 is 33.7. The second-order valence-corrected chi connectivity index (χ2v) is 30.5. The van der Waals surface area contributed by atoms with Crippen LogP contribution in [0.15, 0.2) is 212 Å². The lowest BCUT2D eigenvalue weighted by Crippen LogP contribution is -2.30. The molecule has 0 spiro atoms. The van der Waals surface area contributed by atoms with Gasteiger partial charge >= 0.3 is 0 Å². The molecule has 0 aliphatic heterocycles. The van der Waals surface area contributed by atoms with Crippen molar-refractivity contribution in [3.63, 3.8) is 0 Å². The molecular weight excluding hydrogens is 1330 g/mol. The predicted molar refractivity (Wildman–Crippen MR) is 436 cm³/mol. The van der Waals surface area contributed by atoms with Gasteiger partial charge in [-0.15, -0.1) is 0 Å². The fraction of sp³-hybridized carbons (Fsp3) is 0.250. The van der Waals surface area contributed by atoms with Gasteiger partial charge in [-0.3, -0.25) is 0 Å². The first-order chi connectivity index (χ1) is 52.0. The van der Waals surface area contributed by atoms with E-state index in [2.05, 4.69) is 201 Å². The standard InChI is InChI=1S/4C24H23N2O/c1-15(2)12-17-13-19-18-10-9-16(3)23(21-8-6-7-11-26(21)5)24(18)27-22(19)14-20(17)25-4;1-15(2)12-17-13-19-18-10-9-16(3)22(21-8-6-7-11-26(21)5)24(18)27-23(19)20(14-17)25-4;1-15(2)13-17-9-11-21-23(19(17)14-25)18-10-8-16(3)22(24(18)27-21)20-7-5-6-12-26(20)4;1-15(2)11-17-8-9-21-19(13-17)23-18(14-25)12-16(3)22(24(23)27-21)20-7-5-6-10-26(20)4/h2*6-11,13-15H,12H2,1-3,5H3;5-12,15H,13H2,1-4H3;5-10,12-13,15H,11H2,1-4H3/q4*+1. The highest BCUT2D eigenvalue weighted by molar-refractivity contribution is 6.16. The zero-order valence-corrected chi connectivity index (χ0v) is 64.8. The molecule has 12 heteroatoms. The van der Waals surface area contributed by atoms with E-state index >= 15 is 0 Å². The van der Waals surface area contributed by atoms with Crippen LogP contribution < -0.4 is 18.3 Å². The van der Waals surface area contributed by atoms with Gasteiger partial charge in [-0.25, -0.2) is 28.0 Å². The van der Waals surface area contributed by atoms with Crippen molar-refractivity contribution >= 4 is 99.1 Å². The molecule has 8 heterocycles. The average Bonchev–Trinajstić information content (AvgIpc) is 1.60. The van der Waals surface area contributed by atoms with Crippen LogP contribution in [0.4, 0.5) is 11.4 Å². The summed E-state index contributed by atoms with van der Waals surface area (Å²) in [5.41, 5.74) is 27.1. The molecule has 108 heavy (non-hydrogen) atoms. The Morgan fingerprint density at radius 1 is 0.352 bits per heavy atom. The van der Waals surface area contributed by atoms with Gasteiger partial charge in [0, 0.05) is 91.6 Å². The van der Waals surface area contributed by atoms with Crippen LogP contribution in [0.2, 0.25) is 0 Å². The van der Waals surface area contributed by atoms with Crippen LogP contribution in [0, 0.1) is 87.2 Å². The third-order valence-electron chi connectivity index (χ3n) is 20.4. The summed E-state index contributed by atoms with van der Waals surface area (Å²) in [4.78, 5) is 7.50. The van der Waals surface area contributed by atoms with E-state index in [1.54, 1.807) is 0 Å². The molecule has 0 aliphatic rings. The van der Waals surface area contributed by atoms with E-state index in [9.17, 15) is 10.5 Å². The van der Waals surface area contributed by atoms with Crippen LogP contribution >= 0.6 is 0 Å². The number of nitrogens with zero attached hydrogens (tertiary/aromatic N) is 8. The molecule has 0 radical (unpaired) electrons. The molecule has 0 saturated heterocycles. The molecule has 12 nitrogen and oxygen atoms in total. The Balaban J connectivity index is 0.000000127. The highest BCUT2D eigenvalue weighted by Gasteiger charge is 2.28. The first-order valence-corrected chi connectivity index (χ1v) is 37.3. The largest absolute Gasteiger partial charge is 0.466 e. The third kappa shape index (κ3) is 14.3. The van der Waals surface area contributed by atoms with Crippen molar-refractivity contribution in [3.05, 3.63) is 273 Å². The fourth-order valence-corrected chi connectivity index (χ4v) is 15.5. The Morgan fingerprint density at radius 2 is 0.796 bits per heavy atom. The topological polar surface area (TPSA) is 124 Å². The molecule has 0 amide bonds. The van der Waals surface area contributed by atoms with Crippen LogP contribution in [0.25, 0.3) is 142 Å². The van der Waals surface area contributed by atoms with Crippen LogP contribution in [0.1, 0.15) is 111 Å². The number of hydrogen-bond donors (Lipinski definition) is 0. The molecule has 16 aromatic rings. The lowest BCUT2D eigenvalue weighted by molar-refractivity contribution is -0.660. The quantitative estimate of drug-likeness (QED) is 0.0886. The van der Waals surface area contributed by atoms with E-state index in [-0.39, 0.29) is 0 Å². The number of fused-ring (bicyclic) bond motifs is 12. The van der Waals surface area contributed by atoms with Crippen molar-refractivity contribution in [2.45, 2.75) is 109 Å². The van der Waals surface area contributed by atoms with Gasteiger partial charge < -0.3 is 17.7 Å². The Labute approximate surface area is 632 Å². The van der Waals surface area contributed by atoms with Crippen molar-refractivity contribution in [1.82, 2.24) is 0 Å². The van der Waals surface area contributed by atoms with Gasteiger partial charge in [0.1, 0.15) is 73.3 Å². The minimum Gasteiger partial charge on any atom is -0.466 e. The van der Waals surface area contributed by atoms with E-state index in [0.717, 1.165) is 186 Å². The number of aryl methyl sites for hydroxylation is 8. The van der Waals surface area contributed by atoms with Gasteiger partial charge in [0.2, 0.25) is 28.5 Å². The molecule has 16 rings (SSSR count). The molecule has 8 aromatic heterocycles. The minimum absolute atomic E-state index is 0.494. The Morgan fingerprint density at radius 3 is 1.30 bits per heavy atom. The summed E-state index contributed by atoms with van der Waals surface area (Å²) in [6.45, 7) is 41.1. The second kappa shape index (κ2) is 30.9. The summed E-state index contributed by atoms with van der Waals surface area (Å²) in [5, 5.41) is 27.9. The average molecular weight is 1420 g/mol. The molecule has 8 aromatic carbocycles. The third-order valence-corrected chi connectivity index (χ3v) is 20.4. The minimum atomic E-state index is 0.494. The molecule has 0 bridgehead atoms. The molecular formula is C96H92N8O4+4. The summed E-state index contributed by atoms with van der Waals surface area (Å²) in [6.07, 6.45) is 11.9. The summed E-state index contributed by atoms with van der Waals surface area (Å²) >= 11 is 0. The highest BCUT2D eigenvalue weighted by atomic mass is 16.3. The van der Waals surface area contributed by atoms with Crippen LogP contribution in [0.5, 0.6) is 0 Å². The summed E-state index contributed by atoms with van der Waals surface area (Å²) in [7, 11) is 8.16. The van der Waals surface area contributed by atoms with Crippen molar-refractivity contribution < 1.29 is 35.9 Å². The molecule has 0 aliphatic carbocycles. The Bertz CT molecular complexity index is 6310. The Kier molecular flexibility index (Phi) is 21.1. The van der Waals surface area contributed by atoms with Crippen molar-refractivity contribution in [2.24, 2.45) is 51.9 Å². The zero-order chi connectivity index (χ0) is 76.5. The fourth-order valence-electron chi connectivity index (χ4n) is 15.5. The van der Waals surface area contributed by atoms with Gasteiger partial charge in [-0.05, 0) is 183 Å². The number of rotatable bonds is 12. The number of hydrogen-bond acceptors (Lipinski definition) is 6. The van der Waals surface area contributed by atoms with Gasteiger partial charge in [0.05, 0.1) is 52.6 Å². The number of nitriles is 2. The number of pyridine rings is 4. The van der Waals surface area contributed by atoms with Gasteiger partial charge in [-0.2, -0.15) is 10.5 Å². The zero-order valence-electron chi connectivity index (χ0n) is 64.8. The molecule has 0 fully saturated rings.